The second-order valence-corrected chi connectivity index (χ2v) is 7.13. The lowest BCUT2D eigenvalue weighted by Crippen LogP contribution is -2.37. The van der Waals surface area contributed by atoms with Crippen LogP contribution in [0.3, 0.4) is 0 Å². The van der Waals surface area contributed by atoms with Gasteiger partial charge in [-0.1, -0.05) is 31.5 Å². The summed E-state index contributed by atoms with van der Waals surface area (Å²) < 4.78 is 7.47. The second kappa shape index (κ2) is 6.81. The minimum atomic E-state index is -0.335. The number of hydrogen-bond donors (Lipinski definition) is 1. The van der Waals surface area contributed by atoms with E-state index in [9.17, 15) is 5.26 Å². The highest BCUT2D eigenvalue weighted by Gasteiger charge is 2.30. The molecule has 0 unspecified atom stereocenters. The van der Waals surface area contributed by atoms with E-state index < -0.39 is 0 Å². The summed E-state index contributed by atoms with van der Waals surface area (Å²) in [7, 11) is 0. The van der Waals surface area contributed by atoms with E-state index >= 15 is 0 Å². The molecule has 0 bridgehead atoms. The predicted molar refractivity (Wildman–Crippen MR) is 95.3 cm³/mol. The number of nitrogens with zero attached hydrogens (tertiary/aromatic N) is 3. The Bertz CT molecular complexity index is 890. The van der Waals surface area contributed by atoms with Gasteiger partial charge < -0.3 is 4.74 Å². The first-order valence-electron chi connectivity index (χ1n) is 8.79. The molecule has 1 N–H and O–H groups in total. The summed E-state index contributed by atoms with van der Waals surface area (Å²) in [6, 6.07) is 10.2. The van der Waals surface area contributed by atoms with Crippen LogP contribution in [-0.4, -0.2) is 15.4 Å². The van der Waals surface area contributed by atoms with Crippen molar-refractivity contribution in [1.82, 2.24) is 9.78 Å². The third-order valence-electron chi connectivity index (χ3n) is 4.65. The van der Waals surface area contributed by atoms with Gasteiger partial charge in [-0.15, -0.1) is 0 Å². The molecule has 1 aliphatic heterocycles. The molecule has 0 radical (unpaired) electrons. The fourth-order valence-corrected chi connectivity index (χ4v) is 3.26. The van der Waals surface area contributed by atoms with Crippen LogP contribution in [0.15, 0.2) is 24.3 Å². The molecule has 1 aromatic heterocycles. The minimum Gasteiger partial charge on any atom is -0.369 e. The topological polar surface area (TPSA) is 74.7 Å². The van der Waals surface area contributed by atoms with E-state index in [1.54, 1.807) is 4.68 Å². The molecule has 0 atom stereocenters. The number of nitrogens with one attached hydrogen (secondary N) is 1. The Kier molecular flexibility index (Phi) is 4.73. The zero-order valence-electron chi connectivity index (χ0n) is 15.1. The summed E-state index contributed by atoms with van der Waals surface area (Å²) in [6.45, 7) is 6.54. The Hall–Kier alpha value is -2.45. The molecule has 0 spiro atoms. The molecule has 0 fully saturated rings. The smallest absolute Gasteiger partial charge is 0.165 e. The molecule has 0 saturated carbocycles. The summed E-state index contributed by atoms with van der Waals surface area (Å²) >= 11 is 0. The average molecular weight is 336 g/mol. The van der Waals surface area contributed by atoms with Crippen molar-refractivity contribution >= 4 is 0 Å². The SMILES string of the molecule is CCCCc1ccccc1-n1nc2c(c(C#N)c1=N)CC(C)(C)OC2. The molecule has 25 heavy (non-hydrogen) atoms. The predicted octanol–water partition coefficient (Wildman–Crippen LogP) is 3.42. The molecule has 3 rings (SSSR count). The number of hydrogen-bond acceptors (Lipinski definition) is 4. The van der Waals surface area contributed by atoms with Gasteiger partial charge in [0.05, 0.1) is 23.6 Å². The molecular formula is C20H24N4O. The van der Waals surface area contributed by atoms with E-state index in [2.05, 4.69) is 24.2 Å². The van der Waals surface area contributed by atoms with Crippen molar-refractivity contribution in [3.8, 4) is 11.8 Å². The van der Waals surface area contributed by atoms with Crippen molar-refractivity contribution < 1.29 is 4.74 Å². The lowest BCUT2D eigenvalue weighted by atomic mass is 9.92. The molecule has 1 aromatic carbocycles. The molecular weight excluding hydrogens is 312 g/mol. The monoisotopic (exact) mass is 336 g/mol. The standard InChI is InChI=1S/C20H24N4O/c1-4-5-8-14-9-6-7-10-18(14)24-19(22)16(12-21)15-11-20(2,3)25-13-17(15)23-24/h6-7,9-10,22H,4-5,8,11,13H2,1-3H3. The first kappa shape index (κ1) is 17.4. The molecule has 5 heteroatoms. The van der Waals surface area contributed by atoms with Gasteiger partial charge in [-0.2, -0.15) is 10.4 Å². The number of fused-ring (bicyclic) bond motifs is 1. The molecule has 0 saturated heterocycles. The van der Waals surface area contributed by atoms with Crippen LogP contribution in [0.25, 0.3) is 5.69 Å². The number of para-hydroxylation sites is 1. The van der Waals surface area contributed by atoms with Crippen LogP contribution < -0.4 is 5.49 Å². The minimum absolute atomic E-state index is 0.155. The van der Waals surface area contributed by atoms with Crippen molar-refractivity contribution in [2.75, 3.05) is 0 Å². The van der Waals surface area contributed by atoms with Crippen molar-refractivity contribution in [3.05, 3.63) is 52.1 Å². The van der Waals surface area contributed by atoms with Gasteiger partial charge in [0, 0.05) is 12.0 Å². The van der Waals surface area contributed by atoms with Crippen LogP contribution in [-0.2, 0) is 24.2 Å². The normalized spacial score (nSPS) is 15.4. The number of rotatable bonds is 4. The molecule has 0 aliphatic carbocycles. The van der Waals surface area contributed by atoms with E-state index in [-0.39, 0.29) is 11.1 Å². The van der Waals surface area contributed by atoms with E-state index in [0.29, 0.717) is 18.6 Å². The molecule has 2 heterocycles. The van der Waals surface area contributed by atoms with Gasteiger partial charge in [0.25, 0.3) is 0 Å². The summed E-state index contributed by atoms with van der Waals surface area (Å²) in [5, 5.41) is 22.9. The van der Waals surface area contributed by atoms with E-state index in [4.69, 9.17) is 10.1 Å². The number of aromatic nitrogens is 2. The first-order valence-corrected chi connectivity index (χ1v) is 8.79. The lowest BCUT2D eigenvalue weighted by molar-refractivity contribution is -0.0428. The van der Waals surface area contributed by atoms with Crippen LogP contribution in [0.2, 0.25) is 0 Å². The molecule has 0 amide bonds. The zero-order valence-corrected chi connectivity index (χ0v) is 15.1. The Morgan fingerprint density at radius 3 is 2.84 bits per heavy atom. The van der Waals surface area contributed by atoms with Gasteiger partial charge in [-0.25, -0.2) is 4.68 Å². The quantitative estimate of drug-likeness (QED) is 0.929. The lowest BCUT2D eigenvalue weighted by Gasteiger charge is -2.32. The Morgan fingerprint density at radius 1 is 1.36 bits per heavy atom. The number of nitriles is 1. The van der Waals surface area contributed by atoms with Gasteiger partial charge >= 0.3 is 0 Å². The molecule has 1 aliphatic rings. The van der Waals surface area contributed by atoms with Crippen molar-refractivity contribution in [2.24, 2.45) is 0 Å². The number of unbranched alkanes of at least 4 members (excludes halogenated alkanes) is 1. The van der Waals surface area contributed by atoms with Crippen LogP contribution in [0.4, 0.5) is 0 Å². The van der Waals surface area contributed by atoms with Crippen LogP contribution in [0, 0.1) is 16.7 Å². The van der Waals surface area contributed by atoms with Crippen molar-refractivity contribution in [1.29, 1.82) is 10.7 Å². The summed E-state index contributed by atoms with van der Waals surface area (Å²) in [6.07, 6.45) is 3.72. The first-order chi connectivity index (χ1) is 12.0. The van der Waals surface area contributed by atoms with Gasteiger partial charge in [0.2, 0.25) is 0 Å². The maximum atomic E-state index is 9.67. The number of ether oxygens (including phenoxy) is 1. The molecule has 130 valence electrons. The van der Waals surface area contributed by atoms with Crippen LogP contribution in [0.5, 0.6) is 0 Å². The van der Waals surface area contributed by atoms with Crippen molar-refractivity contribution in [2.45, 2.75) is 58.7 Å². The summed E-state index contributed by atoms with van der Waals surface area (Å²) in [5.74, 6) is 0. The van der Waals surface area contributed by atoms with Crippen LogP contribution >= 0.6 is 0 Å². The average Bonchev–Trinajstić information content (AvgIpc) is 2.59. The van der Waals surface area contributed by atoms with Gasteiger partial charge in [-0.05, 0) is 38.3 Å². The van der Waals surface area contributed by atoms with Gasteiger partial charge in [0.1, 0.15) is 11.6 Å². The molecule has 2 aromatic rings. The summed E-state index contributed by atoms with van der Waals surface area (Å²) in [4.78, 5) is 0. The highest BCUT2D eigenvalue weighted by Crippen LogP contribution is 2.28. The maximum absolute atomic E-state index is 9.67. The van der Waals surface area contributed by atoms with E-state index in [1.807, 2.05) is 32.0 Å². The van der Waals surface area contributed by atoms with E-state index in [1.165, 1.54) is 0 Å². The van der Waals surface area contributed by atoms with Crippen LogP contribution in [0.1, 0.15) is 56.0 Å². The summed E-state index contributed by atoms with van der Waals surface area (Å²) in [5.41, 5.74) is 3.87. The zero-order chi connectivity index (χ0) is 18.0. The second-order valence-electron chi connectivity index (χ2n) is 7.13. The third-order valence-corrected chi connectivity index (χ3v) is 4.65. The Balaban J connectivity index is 2.17. The highest BCUT2D eigenvalue weighted by molar-refractivity contribution is 5.45. The highest BCUT2D eigenvalue weighted by atomic mass is 16.5. The molecule has 5 nitrogen and oxygen atoms in total. The number of benzene rings is 1. The Morgan fingerprint density at radius 2 is 2.12 bits per heavy atom. The largest absolute Gasteiger partial charge is 0.369 e. The van der Waals surface area contributed by atoms with Crippen molar-refractivity contribution in [3.63, 3.8) is 0 Å². The van der Waals surface area contributed by atoms with Gasteiger partial charge in [0.15, 0.2) is 5.49 Å². The van der Waals surface area contributed by atoms with E-state index in [0.717, 1.165) is 41.8 Å². The fraction of sp³-hybridized carbons (Fsp3) is 0.450. The maximum Gasteiger partial charge on any atom is 0.165 e. The Labute approximate surface area is 148 Å². The third kappa shape index (κ3) is 3.35. The number of aryl methyl sites for hydroxylation is 1. The van der Waals surface area contributed by atoms with Gasteiger partial charge in [-0.3, -0.25) is 5.41 Å². The fourth-order valence-electron chi connectivity index (χ4n) is 3.26.